The number of hydrogen-bond acceptors (Lipinski definition) is 6. The van der Waals surface area contributed by atoms with Crippen LogP contribution in [0.1, 0.15) is 32.0 Å². The SMILES string of the molecule is COc1nc(-c2cccc(CN3CCN(C(=O)OC(C)(C)C)CC3)c2)ccc1-n1cnc(C)c1. The van der Waals surface area contributed by atoms with Gasteiger partial charge in [0.1, 0.15) is 11.3 Å². The first-order chi connectivity index (χ1) is 16.2. The Balaban J connectivity index is 1.42. The molecule has 1 aromatic carbocycles. The number of ether oxygens (including phenoxy) is 2. The van der Waals surface area contributed by atoms with Crippen LogP contribution < -0.4 is 4.74 Å². The van der Waals surface area contributed by atoms with E-state index in [-0.39, 0.29) is 6.09 Å². The predicted molar refractivity (Wildman–Crippen MR) is 131 cm³/mol. The maximum atomic E-state index is 12.3. The third-order valence-electron chi connectivity index (χ3n) is 5.68. The minimum atomic E-state index is -0.471. The first-order valence-corrected chi connectivity index (χ1v) is 11.6. The highest BCUT2D eigenvalue weighted by molar-refractivity contribution is 5.68. The van der Waals surface area contributed by atoms with Crippen LogP contribution in [0.3, 0.4) is 0 Å². The zero-order valence-corrected chi connectivity index (χ0v) is 20.6. The van der Waals surface area contributed by atoms with Crippen molar-refractivity contribution < 1.29 is 14.3 Å². The number of imidazole rings is 1. The Bertz CT molecular complexity index is 1140. The van der Waals surface area contributed by atoms with Gasteiger partial charge >= 0.3 is 6.09 Å². The van der Waals surface area contributed by atoms with Crippen molar-refractivity contribution in [2.45, 2.75) is 39.8 Å². The molecule has 0 bridgehead atoms. The summed E-state index contributed by atoms with van der Waals surface area (Å²) >= 11 is 0. The van der Waals surface area contributed by atoms with Crippen LogP contribution in [0.2, 0.25) is 0 Å². The molecule has 8 heteroatoms. The van der Waals surface area contributed by atoms with Crippen LogP contribution in [0.25, 0.3) is 16.9 Å². The van der Waals surface area contributed by atoms with Gasteiger partial charge in [0.2, 0.25) is 5.88 Å². The molecule has 1 fully saturated rings. The number of rotatable bonds is 5. The molecule has 1 saturated heterocycles. The summed E-state index contributed by atoms with van der Waals surface area (Å²) in [6.45, 7) is 11.4. The van der Waals surface area contributed by atoms with Gasteiger partial charge in [-0.3, -0.25) is 4.90 Å². The van der Waals surface area contributed by atoms with Crippen molar-refractivity contribution in [3.05, 3.63) is 60.2 Å². The second kappa shape index (κ2) is 9.85. The molecule has 0 N–H and O–H groups in total. The molecule has 0 spiro atoms. The van der Waals surface area contributed by atoms with Crippen LogP contribution in [-0.4, -0.2) is 69.3 Å². The van der Waals surface area contributed by atoms with Crippen LogP contribution in [0.15, 0.2) is 48.9 Å². The Hall–Kier alpha value is -3.39. The van der Waals surface area contributed by atoms with E-state index >= 15 is 0 Å². The van der Waals surface area contributed by atoms with E-state index in [4.69, 9.17) is 14.5 Å². The van der Waals surface area contributed by atoms with Crippen molar-refractivity contribution in [2.24, 2.45) is 0 Å². The molecular weight excluding hydrogens is 430 g/mol. The fourth-order valence-electron chi connectivity index (χ4n) is 4.00. The summed E-state index contributed by atoms with van der Waals surface area (Å²) in [7, 11) is 1.63. The molecule has 3 heterocycles. The third kappa shape index (κ3) is 5.75. The van der Waals surface area contributed by atoms with Gasteiger partial charge in [-0.25, -0.2) is 14.8 Å². The molecule has 0 aliphatic carbocycles. The van der Waals surface area contributed by atoms with Gasteiger partial charge < -0.3 is 18.9 Å². The lowest BCUT2D eigenvalue weighted by atomic mass is 10.1. The summed E-state index contributed by atoms with van der Waals surface area (Å²) in [5.74, 6) is 0.554. The lowest BCUT2D eigenvalue weighted by Crippen LogP contribution is -2.49. The van der Waals surface area contributed by atoms with Crippen LogP contribution in [0.4, 0.5) is 4.79 Å². The first kappa shape index (κ1) is 23.8. The van der Waals surface area contributed by atoms with Gasteiger partial charge in [0, 0.05) is 44.5 Å². The van der Waals surface area contributed by atoms with Crippen molar-refractivity contribution in [1.29, 1.82) is 0 Å². The Morgan fingerprint density at radius 3 is 2.50 bits per heavy atom. The fraction of sp³-hybridized carbons (Fsp3) is 0.423. The molecule has 34 heavy (non-hydrogen) atoms. The van der Waals surface area contributed by atoms with Crippen LogP contribution >= 0.6 is 0 Å². The topological polar surface area (TPSA) is 72.7 Å². The number of aromatic nitrogens is 3. The number of hydrogen-bond donors (Lipinski definition) is 0. The standard InChI is InChI=1S/C26H33N5O3/c1-19-16-31(18-27-19)23-10-9-22(28-24(23)33-5)21-8-6-7-20(15-21)17-29-11-13-30(14-12-29)25(32)34-26(2,3)4/h6-10,15-16,18H,11-14,17H2,1-5H3. The number of methoxy groups -OCH3 is 1. The Kier molecular flexibility index (Phi) is 6.88. The molecular formula is C26H33N5O3. The Morgan fingerprint density at radius 2 is 1.85 bits per heavy atom. The van der Waals surface area contributed by atoms with Crippen LogP contribution in [-0.2, 0) is 11.3 Å². The molecule has 1 aliphatic rings. The maximum Gasteiger partial charge on any atom is 0.410 e. The smallest absolute Gasteiger partial charge is 0.410 e. The van der Waals surface area contributed by atoms with Gasteiger partial charge in [-0.2, -0.15) is 0 Å². The molecule has 8 nitrogen and oxygen atoms in total. The molecule has 1 aliphatic heterocycles. The third-order valence-corrected chi connectivity index (χ3v) is 5.68. The van der Waals surface area contributed by atoms with Gasteiger partial charge in [0.05, 0.1) is 24.8 Å². The summed E-state index contributed by atoms with van der Waals surface area (Å²) in [6.07, 6.45) is 3.48. The maximum absolute atomic E-state index is 12.3. The normalized spacial score (nSPS) is 14.8. The summed E-state index contributed by atoms with van der Waals surface area (Å²) in [4.78, 5) is 25.5. The van der Waals surface area contributed by atoms with Gasteiger partial charge in [-0.15, -0.1) is 0 Å². The lowest BCUT2D eigenvalue weighted by molar-refractivity contribution is 0.0139. The number of carbonyl (C=O) groups excluding carboxylic acids is 1. The summed E-state index contributed by atoms with van der Waals surface area (Å²) in [6, 6.07) is 12.4. The number of carbonyl (C=O) groups is 1. The number of pyridine rings is 1. The second-order valence-corrected chi connectivity index (χ2v) is 9.59. The molecule has 1 amide bonds. The van der Waals surface area contributed by atoms with Crippen molar-refractivity contribution in [3.8, 4) is 22.8 Å². The molecule has 0 unspecified atom stereocenters. The van der Waals surface area contributed by atoms with E-state index in [0.717, 1.165) is 42.3 Å². The molecule has 3 aromatic rings. The van der Waals surface area contributed by atoms with Gasteiger partial charge in [-0.05, 0) is 51.5 Å². The fourth-order valence-corrected chi connectivity index (χ4v) is 4.00. The average molecular weight is 464 g/mol. The number of nitrogens with zero attached hydrogens (tertiary/aromatic N) is 5. The number of piperazine rings is 1. The monoisotopic (exact) mass is 463 g/mol. The minimum Gasteiger partial charge on any atom is -0.479 e. The van der Waals surface area contributed by atoms with Crippen molar-refractivity contribution in [3.63, 3.8) is 0 Å². The minimum absolute atomic E-state index is 0.233. The van der Waals surface area contributed by atoms with E-state index in [2.05, 4.69) is 34.1 Å². The molecule has 180 valence electrons. The van der Waals surface area contributed by atoms with E-state index in [1.807, 2.05) is 50.6 Å². The van der Waals surface area contributed by atoms with E-state index in [1.165, 1.54) is 5.56 Å². The van der Waals surface area contributed by atoms with Gasteiger partial charge in [-0.1, -0.05) is 18.2 Å². The quantitative estimate of drug-likeness (QED) is 0.562. The highest BCUT2D eigenvalue weighted by Crippen LogP contribution is 2.27. The highest BCUT2D eigenvalue weighted by Gasteiger charge is 2.25. The average Bonchev–Trinajstić information content (AvgIpc) is 3.24. The Morgan fingerprint density at radius 1 is 1.09 bits per heavy atom. The second-order valence-electron chi connectivity index (χ2n) is 9.59. The molecule has 4 rings (SSSR count). The van der Waals surface area contributed by atoms with Gasteiger partial charge in [0.15, 0.2) is 0 Å². The van der Waals surface area contributed by atoms with E-state index in [1.54, 1.807) is 18.3 Å². The summed E-state index contributed by atoms with van der Waals surface area (Å²) in [5, 5.41) is 0. The number of benzene rings is 1. The van der Waals surface area contributed by atoms with Crippen LogP contribution in [0.5, 0.6) is 5.88 Å². The predicted octanol–water partition coefficient (Wildman–Crippen LogP) is 4.30. The largest absolute Gasteiger partial charge is 0.479 e. The lowest BCUT2D eigenvalue weighted by Gasteiger charge is -2.35. The van der Waals surface area contributed by atoms with Crippen molar-refractivity contribution in [1.82, 2.24) is 24.3 Å². The molecule has 0 saturated carbocycles. The molecule has 0 atom stereocenters. The van der Waals surface area contributed by atoms with Crippen LogP contribution in [0, 0.1) is 6.92 Å². The number of amides is 1. The first-order valence-electron chi connectivity index (χ1n) is 11.6. The Labute approximate surface area is 201 Å². The molecule has 0 radical (unpaired) electrons. The molecule has 2 aromatic heterocycles. The summed E-state index contributed by atoms with van der Waals surface area (Å²) < 4.78 is 13.0. The van der Waals surface area contributed by atoms with Crippen molar-refractivity contribution >= 4 is 6.09 Å². The zero-order chi connectivity index (χ0) is 24.3. The van der Waals surface area contributed by atoms with Gasteiger partial charge in [0.25, 0.3) is 0 Å². The number of aryl methyl sites for hydroxylation is 1. The van der Waals surface area contributed by atoms with E-state index in [0.29, 0.717) is 19.0 Å². The van der Waals surface area contributed by atoms with E-state index in [9.17, 15) is 4.79 Å². The summed E-state index contributed by atoms with van der Waals surface area (Å²) in [5.41, 5.74) is 4.42. The van der Waals surface area contributed by atoms with E-state index < -0.39 is 5.60 Å². The van der Waals surface area contributed by atoms with Crippen molar-refractivity contribution in [2.75, 3.05) is 33.3 Å². The zero-order valence-electron chi connectivity index (χ0n) is 20.6. The highest BCUT2D eigenvalue weighted by atomic mass is 16.6.